The molecule has 0 saturated heterocycles. The molecular weight excluding hydrogens is 284 g/mol. The third-order valence-corrected chi connectivity index (χ3v) is 4.35. The zero-order valence-electron chi connectivity index (χ0n) is 13.3. The lowest BCUT2D eigenvalue weighted by atomic mass is 9.78. The van der Waals surface area contributed by atoms with Gasteiger partial charge >= 0.3 is 5.97 Å². The number of hydrogen-bond acceptors (Lipinski definition) is 4. The van der Waals surface area contributed by atoms with Crippen molar-refractivity contribution in [1.82, 2.24) is 0 Å². The second-order valence-corrected chi connectivity index (χ2v) is 5.98. The third-order valence-electron chi connectivity index (χ3n) is 3.49. The van der Waals surface area contributed by atoms with E-state index in [-0.39, 0.29) is 5.97 Å². The van der Waals surface area contributed by atoms with Gasteiger partial charge < -0.3 is 8.92 Å². The number of hydrogen-bond donors (Lipinski definition) is 0. The summed E-state index contributed by atoms with van der Waals surface area (Å²) in [6, 6.07) is 9.92. The number of esters is 1. The highest BCUT2D eigenvalue weighted by Crippen LogP contribution is 2.31. The Hall–Kier alpha value is -1.00. The molecule has 0 aliphatic heterocycles. The summed E-state index contributed by atoms with van der Waals surface area (Å²) in [4.78, 5) is 12.4. The van der Waals surface area contributed by atoms with E-state index in [1.807, 2.05) is 51.1 Å². The molecule has 0 saturated carbocycles. The van der Waals surface area contributed by atoms with Gasteiger partial charge in [0.15, 0.2) is 0 Å². The molecule has 1 atom stereocenters. The lowest BCUT2D eigenvalue weighted by Crippen LogP contribution is -2.34. The first-order valence-corrected chi connectivity index (χ1v) is 8.53. The van der Waals surface area contributed by atoms with Crippen LogP contribution in [0.4, 0.5) is 0 Å². The van der Waals surface area contributed by atoms with Gasteiger partial charge in [-0.1, -0.05) is 36.8 Å². The van der Waals surface area contributed by atoms with Gasteiger partial charge in [0.1, 0.15) is 0 Å². The SMILES string of the molecule is CCOSCCCCC(C)(C(=O)OCC)c1ccccc1. The van der Waals surface area contributed by atoms with Gasteiger partial charge in [0.05, 0.1) is 18.6 Å². The molecule has 0 heterocycles. The van der Waals surface area contributed by atoms with E-state index in [1.54, 1.807) is 0 Å². The predicted molar refractivity (Wildman–Crippen MR) is 88.4 cm³/mol. The predicted octanol–water partition coefficient (Wildman–Crippen LogP) is 4.36. The van der Waals surface area contributed by atoms with Crippen LogP contribution >= 0.6 is 12.0 Å². The fourth-order valence-corrected chi connectivity index (χ4v) is 2.85. The molecule has 21 heavy (non-hydrogen) atoms. The van der Waals surface area contributed by atoms with Gasteiger partial charge in [0.25, 0.3) is 0 Å². The number of ether oxygens (including phenoxy) is 1. The lowest BCUT2D eigenvalue weighted by Gasteiger charge is -2.27. The Bertz CT molecular complexity index is 408. The van der Waals surface area contributed by atoms with Gasteiger partial charge in [0, 0.05) is 5.75 Å². The molecule has 0 fully saturated rings. The zero-order valence-corrected chi connectivity index (χ0v) is 14.1. The molecule has 1 unspecified atom stereocenters. The van der Waals surface area contributed by atoms with Crippen LogP contribution < -0.4 is 0 Å². The Balaban J connectivity index is 2.63. The molecule has 1 rings (SSSR count). The fourth-order valence-electron chi connectivity index (χ4n) is 2.24. The Morgan fingerprint density at radius 3 is 2.48 bits per heavy atom. The van der Waals surface area contributed by atoms with Crippen molar-refractivity contribution in [2.24, 2.45) is 0 Å². The largest absolute Gasteiger partial charge is 0.465 e. The first-order valence-electron chi connectivity index (χ1n) is 7.62. The highest BCUT2D eigenvalue weighted by Gasteiger charge is 2.35. The van der Waals surface area contributed by atoms with E-state index in [4.69, 9.17) is 8.92 Å². The summed E-state index contributed by atoms with van der Waals surface area (Å²) < 4.78 is 10.5. The molecule has 0 N–H and O–H groups in total. The van der Waals surface area contributed by atoms with Crippen LogP contribution in [0, 0.1) is 0 Å². The van der Waals surface area contributed by atoms with Gasteiger partial charge in [0.2, 0.25) is 0 Å². The van der Waals surface area contributed by atoms with Gasteiger partial charge in [-0.15, -0.1) is 0 Å². The van der Waals surface area contributed by atoms with Crippen molar-refractivity contribution >= 4 is 18.0 Å². The van der Waals surface area contributed by atoms with Crippen molar-refractivity contribution < 1.29 is 13.7 Å². The normalized spacial score (nSPS) is 13.7. The fraction of sp³-hybridized carbons (Fsp3) is 0.588. The quantitative estimate of drug-likeness (QED) is 0.365. The summed E-state index contributed by atoms with van der Waals surface area (Å²) in [5.74, 6) is 0.829. The molecule has 0 bridgehead atoms. The second-order valence-electron chi connectivity index (χ2n) is 5.10. The van der Waals surface area contributed by atoms with Crippen LogP contribution in [0.1, 0.15) is 45.6 Å². The van der Waals surface area contributed by atoms with Crippen molar-refractivity contribution in [1.29, 1.82) is 0 Å². The molecule has 1 aromatic rings. The van der Waals surface area contributed by atoms with E-state index < -0.39 is 5.41 Å². The summed E-state index contributed by atoms with van der Waals surface area (Å²) in [6.07, 6.45) is 2.80. The smallest absolute Gasteiger partial charge is 0.316 e. The van der Waals surface area contributed by atoms with E-state index in [2.05, 4.69) is 0 Å². The maximum atomic E-state index is 12.4. The Labute approximate surface area is 132 Å². The Morgan fingerprint density at radius 1 is 1.14 bits per heavy atom. The topological polar surface area (TPSA) is 35.5 Å². The molecule has 118 valence electrons. The van der Waals surface area contributed by atoms with Crippen molar-refractivity contribution in [3.63, 3.8) is 0 Å². The molecule has 0 aliphatic carbocycles. The lowest BCUT2D eigenvalue weighted by molar-refractivity contribution is -0.149. The van der Waals surface area contributed by atoms with E-state index in [1.165, 1.54) is 12.0 Å². The molecule has 0 aliphatic rings. The maximum absolute atomic E-state index is 12.4. The molecule has 1 aromatic carbocycles. The standard InChI is InChI=1S/C17H26O3S/c1-4-19-16(18)17(3,15-11-7-6-8-12-15)13-9-10-14-21-20-5-2/h6-8,11-12H,4-5,9-10,13-14H2,1-3H3. The van der Waals surface area contributed by atoms with Gasteiger partial charge in [-0.2, -0.15) is 0 Å². The number of rotatable bonds is 10. The van der Waals surface area contributed by atoms with Crippen LogP contribution in [-0.4, -0.2) is 24.9 Å². The summed E-state index contributed by atoms with van der Waals surface area (Å²) in [7, 11) is 0. The molecule has 0 radical (unpaired) electrons. The summed E-state index contributed by atoms with van der Waals surface area (Å²) in [6.45, 7) is 6.97. The summed E-state index contributed by atoms with van der Waals surface area (Å²) in [5, 5.41) is 0. The monoisotopic (exact) mass is 310 g/mol. The van der Waals surface area contributed by atoms with Crippen LogP contribution in [0.15, 0.2) is 30.3 Å². The minimum atomic E-state index is -0.562. The number of carbonyl (C=O) groups excluding carboxylic acids is 1. The maximum Gasteiger partial charge on any atom is 0.316 e. The van der Waals surface area contributed by atoms with Gasteiger partial charge in [-0.05, 0) is 51.2 Å². The van der Waals surface area contributed by atoms with E-state index in [9.17, 15) is 4.79 Å². The Morgan fingerprint density at radius 2 is 1.86 bits per heavy atom. The van der Waals surface area contributed by atoms with Gasteiger partial charge in [-0.25, -0.2) is 0 Å². The minimum Gasteiger partial charge on any atom is -0.465 e. The zero-order chi connectivity index (χ0) is 15.6. The van der Waals surface area contributed by atoms with Crippen molar-refractivity contribution in [3.05, 3.63) is 35.9 Å². The van der Waals surface area contributed by atoms with Crippen molar-refractivity contribution in [3.8, 4) is 0 Å². The number of unbranched alkanes of at least 4 members (excludes halogenated alkanes) is 1. The van der Waals surface area contributed by atoms with E-state index in [0.29, 0.717) is 6.61 Å². The van der Waals surface area contributed by atoms with Crippen LogP contribution in [0.5, 0.6) is 0 Å². The molecule has 0 spiro atoms. The van der Waals surface area contributed by atoms with Crippen LogP contribution in [-0.2, 0) is 19.1 Å². The van der Waals surface area contributed by atoms with E-state index in [0.717, 1.165) is 37.2 Å². The van der Waals surface area contributed by atoms with Crippen molar-refractivity contribution in [2.45, 2.75) is 45.4 Å². The first kappa shape index (κ1) is 18.1. The van der Waals surface area contributed by atoms with Crippen LogP contribution in [0.3, 0.4) is 0 Å². The molecule has 0 aromatic heterocycles. The average Bonchev–Trinajstić information content (AvgIpc) is 2.51. The Kier molecular flexibility index (Phi) is 8.47. The first-order chi connectivity index (χ1) is 10.1. The summed E-state index contributed by atoms with van der Waals surface area (Å²) in [5.41, 5.74) is 0.467. The average molecular weight is 310 g/mol. The summed E-state index contributed by atoms with van der Waals surface area (Å²) >= 11 is 1.50. The third kappa shape index (κ3) is 5.71. The van der Waals surface area contributed by atoms with Crippen LogP contribution in [0.2, 0.25) is 0 Å². The van der Waals surface area contributed by atoms with Gasteiger partial charge in [-0.3, -0.25) is 4.79 Å². The highest BCUT2D eigenvalue weighted by atomic mass is 32.2. The molecule has 4 heteroatoms. The number of carbonyl (C=O) groups is 1. The highest BCUT2D eigenvalue weighted by molar-refractivity contribution is 7.94. The molecule has 0 amide bonds. The van der Waals surface area contributed by atoms with Crippen LogP contribution in [0.25, 0.3) is 0 Å². The second kappa shape index (κ2) is 9.85. The number of benzene rings is 1. The minimum absolute atomic E-state index is 0.131. The van der Waals surface area contributed by atoms with Crippen molar-refractivity contribution in [2.75, 3.05) is 19.0 Å². The molecular formula is C17H26O3S. The van der Waals surface area contributed by atoms with E-state index >= 15 is 0 Å². The molecule has 3 nitrogen and oxygen atoms in total.